The summed E-state index contributed by atoms with van der Waals surface area (Å²) >= 11 is 4.53. The topological polar surface area (TPSA) is 79.6 Å². The Bertz CT molecular complexity index is 192. The molecular weight excluding hydrogens is 138 g/mol. The van der Waals surface area contributed by atoms with Gasteiger partial charge in [0.25, 0.3) is 0 Å². The minimum absolute atomic E-state index is 0.184. The highest BCUT2D eigenvalue weighted by Gasteiger charge is 1.92. The van der Waals surface area contributed by atoms with Gasteiger partial charge in [0.2, 0.25) is 0 Å². The van der Waals surface area contributed by atoms with E-state index in [1.165, 1.54) is 6.20 Å². The first-order valence-electron chi connectivity index (χ1n) is 2.21. The molecule has 0 saturated heterocycles. The van der Waals surface area contributed by atoms with Gasteiger partial charge >= 0.3 is 0 Å². The number of aromatic amines is 1. The van der Waals surface area contributed by atoms with Crippen LogP contribution in [0.3, 0.4) is 0 Å². The minimum atomic E-state index is 0.184. The minimum Gasteiger partial charge on any atom is -0.376 e. The maximum absolute atomic E-state index is 5.12. The van der Waals surface area contributed by atoms with Gasteiger partial charge in [0.1, 0.15) is 0 Å². The van der Waals surface area contributed by atoms with E-state index in [0.29, 0.717) is 5.82 Å². The number of thiocarbonyl (C=S) groups is 1. The molecule has 9 heavy (non-hydrogen) atoms. The largest absolute Gasteiger partial charge is 0.376 e. The molecule has 0 atom stereocenters. The highest BCUT2D eigenvalue weighted by atomic mass is 32.1. The molecular formula is C3H5N5S. The molecule has 0 fully saturated rings. The summed E-state index contributed by atoms with van der Waals surface area (Å²) in [4.78, 5) is 0. The van der Waals surface area contributed by atoms with Crippen LogP contribution in [-0.4, -0.2) is 20.5 Å². The van der Waals surface area contributed by atoms with E-state index in [-0.39, 0.29) is 5.11 Å². The zero-order valence-corrected chi connectivity index (χ0v) is 5.27. The molecule has 0 aromatic carbocycles. The van der Waals surface area contributed by atoms with E-state index in [1.807, 2.05) is 0 Å². The van der Waals surface area contributed by atoms with Crippen LogP contribution >= 0.6 is 12.2 Å². The average Bonchev–Trinajstić information content (AvgIpc) is 2.15. The van der Waals surface area contributed by atoms with E-state index in [1.54, 1.807) is 0 Å². The molecule has 0 saturated carbocycles. The number of nitrogens with one attached hydrogen (secondary N) is 2. The van der Waals surface area contributed by atoms with Crippen molar-refractivity contribution in [2.24, 2.45) is 5.73 Å². The summed E-state index contributed by atoms with van der Waals surface area (Å²) in [6.07, 6.45) is 1.49. The van der Waals surface area contributed by atoms with Gasteiger partial charge in [0, 0.05) is 0 Å². The lowest BCUT2D eigenvalue weighted by atomic mass is 10.7. The molecule has 0 unspecified atom stereocenters. The van der Waals surface area contributed by atoms with E-state index in [4.69, 9.17) is 5.73 Å². The van der Waals surface area contributed by atoms with Crippen molar-refractivity contribution in [1.82, 2.24) is 15.4 Å². The van der Waals surface area contributed by atoms with Gasteiger partial charge in [-0.2, -0.15) is 10.3 Å². The van der Waals surface area contributed by atoms with Crippen molar-refractivity contribution in [1.29, 1.82) is 0 Å². The van der Waals surface area contributed by atoms with Gasteiger partial charge in [-0.15, -0.1) is 5.10 Å². The zero-order valence-electron chi connectivity index (χ0n) is 4.46. The van der Waals surface area contributed by atoms with Gasteiger partial charge in [0.05, 0.1) is 6.20 Å². The van der Waals surface area contributed by atoms with E-state index < -0.39 is 0 Å². The van der Waals surface area contributed by atoms with Gasteiger partial charge in [-0.25, -0.2) is 0 Å². The maximum Gasteiger partial charge on any atom is 0.174 e. The highest BCUT2D eigenvalue weighted by Crippen LogP contribution is 1.92. The number of rotatable bonds is 1. The Morgan fingerprint density at radius 3 is 3.11 bits per heavy atom. The predicted octanol–water partition coefficient (Wildman–Crippen LogP) is -0.540. The molecule has 0 aliphatic rings. The fraction of sp³-hybridized carbons (Fsp3) is 0. The molecule has 0 radical (unpaired) electrons. The molecule has 0 aliphatic heterocycles. The summed E-state index contributed by atoms with van der Waals surface area (Å²) in [6.45, 7) is 0. The molecule has 0 bridgehead atoms. The van der Waals surface area contributed by atoms with E-state index in [9.17, 15) is 0 Å². The Hall–Kier alpha value is -1.17. The van der Waals surface area contributed by atoms with Crippen LogP contribution in [0.4, 0.5) is 5.82 Å². The Labute approximate surface area is 56.6 Å². The fourth-order valence-corrected chi connectivity index (χ4v) is 0.493. The van der Waals surface area contributed by atoms with E-state index >= 15 is 0 Å². The predicted molar refractivity (Wildman–Crippen MR) is 36.8 cm³/mol. The smallest absolute Gasteiger partial charge is 0.174 e. The number of aromatic nitrogens is 3. The third-order valence-electron chi connectivity index (χ3n) is 0.666. The monoisotopic (exact) mass is 143 g/mol. The van der Waals surface area contributed by atoms with Crippen LogP contribution in [0.2, 0.25) is 0 Å². The van der Waals surface area contributed by atoms with Crippen LogP contribution in [-0.2, 0) is 0 Å². The molecule has 1 heterocycles. The van der Waals surface area contributed by atoms with Crippen molar-refractivity contribution in [2.45, 2.75) is 0 Å². The van der Waals surface area contributed by atoms with Crippen molar-refractivity contribution >= 4 is 23.1 Å². The van der Waals surface area contributed by atoms with Gasteiger partial charge in [-0.3, -0.25) is 0 Å². The van der Waals surface area contributed by atoms with Crippen molar-refractivity contribution in [3.63, 3.8) is 0 Å². The van der Waals surface area contributed by atoms with Crippen molar-refractivity contribution < 1.29 is 0 Å². The first-order valence-corrected chi connectivity index (χ1v) is 2.62. The standard InChI is InChI=1S/C3H5N5S/c4-3(9)6-2-1-5-8-7-2/h1H,(H4,4,5,6,7,8,9). The summed E-state index contributed by atoms with van der Waals surface area (Å²) in [5.74, 6) is 0.530. The number of anilines is 1. The van der Waals surface area contributed by atoms with Crippen molar-refractivity contribution in [3.8, 4) is 0 Å². The molecule has 4 N–H and O–H groups in total. The van der Waals surface area contributed by atoms with Crippen LogP contribution in [0.5, 0.6) is 0 Å². The van der Waals surface area contributed by atoms with Gasteiger partial charge in [-0.1, -0.05) is 0 Å². The van der Waals surface area contributed by atoms with Gasteiger partial charge in [0.15, 0.2) is 10.9 Å². The zero-order chi connectivity index (χ0) is 6.69. The quantitative estimate of drug-likeness (QED) is 0.460. The lowest BCUT2D eigenvalue weighted by Gasteiger charge is -1.93. The third kappa shape index (κ3) is 1.65. The third-order valence-corrected chi connectivity index (χ3v) is 0.768. The molecule has 48 valence electrons. The lowest BCUT2D eigenvalue weighted by molar-refractivity contribution is 0.942. The number of nitrogens with two attached hydrogens (primary N) is 1. The summed E-state index contributed by atoms with van der Waals surface area (Å²) < 4.78 is 0. The lowest BCUT2D eigenvalue weighted by Crippen LogP contribution is -2.18. The second-order valence-corrected chi connectivity index (χ2v) is 1.78. The first-order chi connectivity index (χ1) is 4.29. The van der Waals surface area contributed by atoms with Crippen LogP contribution in [0.25, 0.3) is 0 Å². The summed E-state index contributed by atoms with van der Waals surface area (Å²) in [5, 5.41) is 12.3. The van der Waals surface area contributed by atoms with E-state index in [2.05, 4.69) is 32.9 Å². The second kappa shape index (κ2) is 2.40. The molecule has 0 spiro atoms. The van der Waals surface area contributed by atoms with Crippen molar-refractivity contribution in [2.75, 3.05) is 5.32 Å². The highest BCUT2D eigenvalue weighted by molar-refractivity contribution is 7.80. The fourth-order valence-electron chi connectivity index (χ4n) is 0.388. The maximum atomic E-state index is 5.12. The molecule has 1 aromatic heterocycles. The molecule has 0 amide bonds. The number of hydrogen-bond donors (Lipinski definition) is 3. The normalized spacial score (nSPS) is 8.89. The Balaban J connectivity index is 2.58. The van der Waals surface area contributed by atoms with Crippen LogP contribution in [0, 0.1) is 0 Å². The van der Waals surface area contributed by atoms with E-state index in [0.717, 1.165) is 0 Å². The number of hydrogen-bond acceptors (Lipinski definition) is 3. The number of H-pyrrole nitrogens is 1. The summed E-state index contributed by atoms with van der Waals surface area (Å²) in [7, 11) is 0. The second-order valence-electron chi connectivity index (χ2n) is 1.34. The van der Waals surface area contributed by atoms with Gasteiger partial charge in [-0.05, 0) is 12.2 Å². The van der Waals surface area contributed by atoms with Gasteiger partial charge < -0.3 is 11.1 Å². The molecule has 6 heteroatoms. The van der Waals surface area contributed by atoms with Crippen LogP contribution in [0.15, 0.2) is 6.20 Å². The molecule has 0 aliphatic carbocycles. The number of nitrogens with zero attached hydrogens (tertiary/aromatic N) is 2. The average molecular weight is 143 g/mol. The Morgan fingerprint density at radius 2 is 2.67 bits per heavy atom. The SMILES string of the molecule is NC(=S)Nc1cn[nH]n1. The van der Waals surface area contributed by atoms with Crippen molar-refractivity contribution in [3.05, 3.63) is 6.20 Å². The summed E-state index contributed by atoms with van der Waals surface area (Å²) in [6, 6.07) is 0. The van der Waals surface area contributed by atoms with Crippen LogP contribution < -0.4 is 11.1 Å². The molecule has 1 rings (SSSR count). The Morgan fingerprint density at radius 1 is 1.89 bits per heavy atom. The summed E-state index contributed by atoms with van der Waals surface area (Å²) in [5.41, 5.74) is 5.12. The van der Waals surface area contributed by atoms with Crippen LogP contribution in [0.1, 0.15) is 0 Å². The first kappa shape index (κ1) is 5.96. The Kier molecular flexibility index (Phi) is 1.59. The molecule has 1 aromatic rings. The molecule has 5 nitrogen and oxygen atoms in total.